The van der Waals surface area contributed by atoms with Gasteiger partial charge in [-0.15, -0.1) is 5.54 Å². The fourth-order valence-corrected chi connectivity index (χ4v) is 7.84. The Morgan fingerprint density at radius 2 is 1.12 bits per heavy atom. The Morgan fingerprint density at radius 3 is 1.31 bits per heavy atom. The van der Waals surface area contributed by atoms with Crippen molar-refractivity contribution in [3.63, 3.8) is 0 Å². The van der Waals surface area contributed by atoms with Gasteiger partial charge in [-0.1, -0.05) is 41.5 Å². The molecule has 0 nitrogen and oxygen atoms in total. The average molecular weight is 240 g/mol. The van der Waals surface area contributed by atoms with Crippen LogP contribution in [-0.4, -0.2) is 33.4 Å². The van der Waals surface area contributed by atoms with E-state index in [0.29, 0.717) is 16.6 Å². The fourth-order valence-electron chi connectivity index (χ4n) is 2.61. The zero-order chi connectivity index (χ0) is 12.2. The second-order valence-electron chi connectivity index (χ2n) is 4.97. The van der Waals surface area contributed by atoms with Gasteiger partial charge in [0.1, 0.15) is 8.07 Å². The molecule has 90 valence electrons. The quantitative estimate of drug-likeness (QED) is 0.519. The van der Waals surface area contributed by atoms with E-state index in [2.05, 4.69) is 53.0 Å². The van der Waals surface area contributed by atoms with E-state index in [-0.39, 0.29) is 18.9 Å². The summed E-state index contributed by atoms with van der Waals surface area (Å²) in [6.07, 6.45) is -2.49. The summed E-state index contributed by atoms with van der Waals surface area (Å²) in [5, 5.41) is 0. The van der Waals surface area contributed by atoms with Crippen LogP contribution in [0.2, 0.25) is 16.6 Å². The summed E-state index contributed by atoms with van der Waals surface area (Å²) in [7, 11) is -1.93. The Balaban J connectivity index is 0. The number of hydrogen-bond acceptors (Lipinski definition) is 0. The standard InChI is InChI=1S/C12H22F2Si.Li.H/c1-9(2)15(10(3)4,11(5)6)8-7-12(13)14;;/h9-12H,1-6H3;;. The van der Waals surface area contributed by atoms with Gasteiger partial charge in [-0.2, -0.15) is 8.78 Å². The van der Waals surface area contributed by atoms with E-state index in [4.69, 9.17) is 0 Å². The number of hydrogen-bond donors (Lipinski definition) is 0. The molecule has 16 heavy (non-hydrogen) atoms. The first-order valence-electron chi connectivity index (χ1n) is 5.56. The Hall–Kier alpha value is 0.234. The third kappa shape index (κ3) is 4.24. The summed E-state index contributed by atoms with van der Waals surface area (Å²) in [6.45, 7) is 12.7. The van der Waals surface area contributed by atoms with Crippen molar-refractivity contribution in [1.82, 2.24) is 0 Å². The molecule has 0 aliphatic carbocycles. The second kappa shape index (κ2) is 7.54. The molecule has 0 aromatic heterocycles. The zero-order valence-corrected chi connectivity index (χ0v) is 11.6. The van der Waals surface area contributed by atoms with Crippen molar-refractivity contribution in [1.29, 1.82) is 0 Å². The average Bonchev–Trinajstić information content (AvgIpc) is 2.02. The predicted molar refractivity (Wildman–Crippen MR) is 72.0 cm³/mol. The zero-order valence-electron chi connectivity index (χ0n) is 10.6. The maximum absolute atomic E-state index is 12.2. The first-order valence-corrected chi connectivity index (χ1v) is 7.79. The monoisotopic (exact) mass is 240 g/mol. The normalized spacial score (nSPS) is 11.8. The van der Waals surface area contributed by atoms with Crippen LogP contribution in [0.25, 0.3) is 0 Å². The van der Waals surface area contributed by atoms with E-state index in [1.165, 1.54) is 0 Å². The van der Waals surface area contributed by atoms with Crippen molar-refractivity contribution in [3.8, 4) is 11.5 Å². The van der Waals surface area contributed by atoms with E-state index in [1.54, 1.807) is 0 Å². The predicted octanol–water partition coefficient (Wildman–Crippen LogP) is 3.82. The maximum atomic E-state index is 12.2. The van der Waals surface area contributed by atoms with Crippen molar-refractivity contribution in [2.75, 3.05) is 0 Å². The van der Waals surface area contributed by atoms with E-state index in [9.17, 15) is 8.78 Å². The summed E-state index contributed by atoms with van der Waals surface area (Å²) < 4.78 is 24.4. The van der Waals surface area contributed by atoms with Gasteiger partial charge < -0.3 is 0 Å². The van der Waals surface area contributed by atoms with Gasteiger partial charge in [0.2, 0.25) is 0 Å². The van der Waals surface area contributed by atoms with Crippen LogP contribution in [0.4, 0.5) is 8.78 Å². The molecule has 0 atom stereocenters. The van der Waals surface area contributed by atoms with Crippen LogP contribution in [0.5, 0.6) is 0 Å². The molecule has 0 aromatic rings. The topological polar surface area (TPSA) is 0 Å². The minimum absolute atomic E-state index is 0. The molecule has 0 aliphatic heterocycles. The summed E-state index contributed by atoms with van der Waals surface area (Å²) in [6, 6.07) is 0. The van der Waals surface area contributed by atoms with Crippen molar-refractivity contribution in [2.24, 2.45) is 0 Å². The fraction of sp³-hybridized carbons (Fsp3) is 0.833. The van der Waals surface area contributed by atoms with Crippen LogP contribution in [0, 0.1) is 11.5 Å². The first kappa shape index (κ1) is 18.6. The Morgan fingerprint density at radius 1 is 0.812 bits per heavy atom. The molecule has 0 saturated carbocycles. The second-order valence-corrected chi connectivity index (χ2v) is 10.5. The molecule has 0 bridgehead atoms. The Labute approximate surface area is 112 Å². The molecule has 0 radical (unpaired) electrons. The molecule has 0 fully saturated rings. The summed E-state index contributed by atoms with van der Waals surface area (Å²) in [5.41, 5.74) is 4.23. The summed E-state index contributed by atoms with van der Waals surface area (Å²) in [5.74, 6) is 2.11. The van der Waals surface area contributed by atoms with E-state index < -0.39 is 14.5 Å². The Kier molecular flexibility index (Phi) is 8.76. The van der Waals surface area contributed by atoms with Crippen LogP contribution >= 0.6 is 0 Å². The first-order chi connectivity index (χ1) is 6.75. The van der Waals surface area contributed by atoms with Crippen molar-refractivity contribution < 1.29 is 8.78 Å². The SMILES string of the molecule is CC(C)[Si](C#CC(F)F)(C(C)C)C(C)C.[LiH]. The summed E-state index contributed by atoms with van der Waals surface area (Å²) in [4.78, 5) is 0. The molecule has 0 rings (SSSR count). The number of halogens is 2. The van der Waals surface area contributed by atoms with E-state index >= 15 is 0 Å². The van der Waals surface area contributed by atoms with Crippen molar-refractivity contribution in [3.05, 3.63) is 0 Å². The van der Waals surface area contributed by atoms with Crippen molar-refractivity contribution in [2.45, 2.75) is 64.6 Å². The molecule has 0 amide bonds. The third-order valence-electron chi connectivity index (χ3n) is 3.26. The molecule has 0 saturated heterocycles. The third-order valence-corrected chi connectivity index (χ3v) is 9.57. The molecular formula is C12H23F2LiSi. The van der Waals surface area contributed by atoms with Crippen LogP contribution in [0.15, 0.2) is 0 Å². The molecular weight excluding hydrogens is 217 g/mol. The van der Waals surface area contributed by atoms with E-state index in [0.717, 1.165) is 0 Å². The van der Waals surface area contributed by atoms with Gasteiger partial charge in [0.25, 0.3) is 6.43 Å². The van der Waals surface area contributed by atoms with E-state index in [1.807, 2.05) is 0 Å². The van der Waals surface area contributed by atoms with Crippen LogP contribution < -0.4 is 0 Å². The van der Waals surface area contributed by atoms with Crippen LogP contribution in [-0.2, 0) is 0 Å². The van der Waals surface area contributed by atoms with Crippen LogP contribution in [0.3, 0.4) is 0 Å². The molecule has 4 heteroatoms. The van der Waals surface area contributed by atoms with Gasteiger partial charge in [0.05, 0.1) is 0 Å². The van der Waals surface area contributed by atoms with Crippen LogP contribution in [0.1, 0.15) is 41.5 Å². The van der Waals surface area contributed by atoms with Gasteiger partial charge in [-0.3, -0.25) is 0 Å². The minimum atomic E-state index is -2.49. The molecule has 0 N–H and O–H groups in total. The molecule has 0 aromatic carbocycles. The molecule has 0 unspecified atom stereocenters. The van der Waals surface area contributed by atoms with Gasteiger partial charge >= 0.3 is 18.9 Å². The molecule has 0 heterocycles. The van der Waals surface area contributed by atoms with Gasteiger partial charge in [0, 0.05) is 0 Å². The molecule has 0 aliphatic rings. The Bertz CT molecular complexity index is 230. The van der Waals surface area contributed by atoms with Gasteiger partial charge in [-0.25, -0.2) is 0 Å². The van der Waals surface area contributed by atoms with Gasteiger partial charge in [0.15, 0.2) is 0 Å². The molecule has 0 spiro atoms. The summed E-state index contributed by atoms with van der Waals surface area (Å²) >= 11 is 0. The number of rotatable bonds is 3. The van der Waals surface area contributed by atoms with Crippen molar-refractivity contribution >= 4 is 26.9 Å². The number of alkyl halides is 2. The van der Waals surface area contributed by atoms with Gasteiger partial charge in [-0.05, 0) is 22.5 Å².